The van der Waals surface area contributed by atoms with Crippen LogP contribution >= 0.6 is 11.3 Å². The number of hydrazone groups is 1. The summed E-state index contributed by atoms with van der Waals surface area (Å²) in [5, 5.41) is 7.65. The van der Waals surface area contributed by atoms with Crippen LogP contribution in [0.4, 0.5) is 5.13 Å². The Labute approximate surface area is 385 Å². The molecule has 0 radical (unpaired) electrons. The zero-order chi connectivity index (χ0) is 45.1. The molecule has 11 nitrogen and oxygen atoms in total. The Bertz CT molecular complexity index is 1930. The van der Waals surface area contributed by atoms with Gasteiger partial charge in [-0.2, -0.15) is 5.10 Å². The number of ether oxygens (including phenoxy) is 5. The Morgan fingerprint density at radius 3 is 2.14 bits per heavy atom. The van der Waals surface area contributed by atoms with Crippen LogP contribution in [0.5, 0.6) is 5.75 Å². The Hall–Kier alpha value is -4.13. The summed E-state index contributed by atoms with van der Waals surface area (Å²) < 4.78 is 29.1. The van der Waals surface area contributed by atoms with Gasteiger partial charge in [0.25, 0.3) is 0 Å². The van der Waals surface area contributed by atoms with Crippen molar-refractivity contribution in [3.05, 3.63) is 65.7 Å². The maximum Gasteiger partial charge on any atom is 0.333 e. The number of para-hydroxylation sites is 1. The Morgan fingerprint density at radius 1 is 0.797 bits per heavy atom. The smallest absolute Gasteiger partial charge is 0.333 e. The Balaban J connectivity index is 1.08. The number of rotatable bonds is 24. The number of methoxy groups -OCH3 is 1. The minimum absolute atomic E-state index is 0.188. The number of carbonyl (C=O) groups is 3. The second-order valence-corrected chi connectivity index (χ2v) is 19.4. The van der Waals surface area contributed by atoms with E-state index >= 15 is 0 Å². The van der Waals surface area contributed by atoms with Gasteiger partial charge in [0.15, 0.2) is 0 Å². The van der Waals surface area contributed by atoms with Crippen molar-refractivity contribution in [2.75, 3.05) is 51.7 Å². The predicted molar refractivity (Wildman–Crippen MR) is 255 cm³/mol. The fraction of sp³-hybridized carbons (Fsp3) is 0.635. The van der Waals surface area contributed by atoms with E-state index in [9.17, 15) is 14.4 Å². The molecular formula is C52H73N3O8S. The normalized spacial score (nSPS) is 22.6. The highest BCUT2D eigenvalue weighted by Gasteiger charge is 2.34. The zero-order valence-electron chi connectivity index (χ0n) is 38.8. The van der Waals surface area contributed by atoms with Crippen LogP contribution in [0.3, 0.4) is 0 Å². The van der Waals surface area contributed by atoms with Crippen LogP contribution in [0.1, 0.15) is 146 Å². The lowest BCUT2D eigenvalue weighted by Crippen LogP contribution is -2.29. The van der Waals surface area contributed by atoms with Crippen LogP contribution in [-0.4, -0.2) is 75.8 Å². The molecule has 3 aromatic rings. The molecule has 0 N–H and O–H groups in total. The summed E-state index contributed by atoms with van der Waals surface area (Å²) in [5.74, 6) is 2.24. The molecule has 0 atom stereocenters. The van der Waals surface area contributed by atoms with Gasteiger partial charge in [-0.05, 0) is 150 Å². The molecule has 2 aromatic carbocycles. The van der Waals surface area contributed by atoms with E-state index < -0.39 is 0 Å². The lowest BCUT2D eigenvalue weighted by Gasteiger charge is -2.38. The second kappa shape index (κ2) is 26.1. The fourth-order valence-corrected chi connectivity index (χ4v) is 10.8. The van der Waals surface area contributed by atoms with Gasteiger partial charge in [-0.3, -0.25) is 9.59 Å². The molecule has 12 heteroatoms. The maximum atomic E-state index is 13.8. The summed E-state index contributed by atoms with van der Waals surface area (Å²) >= 11 is 1.58. The van der Waals surface area contributed by atoms with Crippen LogP contribution in [0, 0.1) is 29.6 Å². The average molecular weight is 900 g/mol. The SMILES string of the molecule is C=C(C)C(=O)OCCCCCCOC(=O)C1CCC(C(=O)Oc2ccc(C3CCC(C4CCC(CCC)CC4)CC3)cc2/C=N/N(CCOCCOC)c2nc3ccccc3s2)CC1. The van der Waals surface area contributed by atoms with Gasteiger partial charge in [-0.25, -0.2) is 14.8 Å². The summed E-state index contributed by atoms with van der Waals surface area (Å²) in [6, 6.07) is 14.4. The van der Waals surface area contributed by atoms with E-state index in [0.29, 0.717) is 82.5 Å². The van der Waals surface area contributed by atoms with Crippen LogP contribution in [0.15, 0.2) is 59.7 Å². The number of hydrogen-bond acceptors (Lipinski definition) is 12. The van der Waals surface area contributed by atoms with Crippen molar-refractivity contribution in [2.45, 2.75) is 135 Å². The van der Waals surface area contributed by atoms with E-state index in [0.717, 1.165) is 64.3 Å². The largest absolute Gasteiger partial charge is 0.465 e. The van der Waals surface area contributed by atoms with E-state index in [1.54, 1.807) is 25.4 Å². The third-order valence-corrected chi connectivity index (χ3v) is 14.8. The van der Waals surface area contributed by atoms with Gasteiger partial charge in [0.2, 0.25) is 5.13 Å². The van der Waals surface area contributed by atoms with Crippen LogP contribution < -0.4 is 9.75 Å². The van der Waals surface area contributed by atoms with Crippen molar-refractivity contribution in [3.8, 4) is 5.75 Å². The topological polar surface area (TPSA) is 126 Å². The van der Waals surface area contributed by atoms with Crippen LogP contribution in [0.2, 0.25) is 0 Å². The van der Waals surface area contributed by atoms with Crippen LogP contribution in [0.25, 0.3) is 10.2 Å². The van der Waals surface area contributed by atoms with Crippen molar-refractivity contribution >= 4 is 50.8 Å². The standard InChI is InChI=1S/C52H73N3O8S/c1-5-12-38-15-17-39(18-16-38)40-19-21-41(22-20-40)44-27-28-47(45(35-44)36-53-55(29-32-60-34-33-59-4)52-54-46-13-8-9-14-48(46)64-52)63-51(58)43-25-23-42(24-26-43)50(57)62-31-11-7-6-10-30-61-49(56)37(2)3/h8-9,13-14,27-28,35-36,38-43H,2,5-7,10-12,15-26,29-34H2,1,3-4H3/b53-36+. The number of unbranched alkanes of at least 4 members (excludes halogenated alkanes) is 3. The predicted octanol–water partition coefficient (Wildman–Crippen LogP) is 11.6. The molecule has 3 fully saturated rings. The lowest BCUT2D eigenvalue weighted by molar-refractivity contribution is -0.152. The van der Waals surface area contributed by atoms with Crippen molar-refractivity contribution < 1.29 is 38.1 Å². The maximum absolute atomic E-state index is 13.8. The Kier molecular flexibility index (Phi) is 20.1. The van der Waals surface area contributed by atoms with E-state index in [2.05, 4.69) is 31.7 Å². The monoisotopic (exact) mass is 900 g/mol. The molecule has 0 aliphatic heterocycles. The highest BCUT2D eigenvalue weighted by Crippen LogP contribution is 2.45. The van der Waals surface area contributed by atoms with E-state index in [1.807, 2.05) is 35.5 Å². The first-order valence-corrected chi connectivity index (χ1v) is 25.1. The molecule has 350 valence electrons. The van der Waals surface area contributed by atoms with Crippen molar-refractivity contribution in [1.29, 1.82) is 0 Å². The first-order chi connectivity index (χ1) is 31.2. The number of carbonyl (C=O) groups excluding carboxylic acids is 3. The molecule has 3 saturated carbocycles. The Morgan fingerprint density at radius 2 is 1.47 bits per heavy atom. The van der Waals surface area contributed by atoms with E-state index in [-0.39, 0.29) is 29.7 Å². The quantitative estimate of drug-likeness (QED) is 0.0214. The minimum atomic E-state index is -0.363. The summed E-state index contributed by atoms with van der Waals surface area (Å²) in [7, 11) is 1.66. The first-order valence-electron chi connectivity index (χ1n) is 24.3. The molecule has 1 aromatic heterocycles. The van der Waals surface area contributed by atoms with Gasteiger partial charge in [-0.15, -0.1) is 0 Å². The van der Waals surface area contributed by atoms with E-state index in [4.69, 9.17) is 33.8 Å². The molecule has 3 aliphatic carbocycles. The third-order valence-electron chi connectivity index (χ3n) is 13.7. The molecule has 64 heavy (non-hydrogen) atoms. The van der Waals surface area contributed by atoms with Gasteiger partial charge in [0.05, 0.1) is 67.8 Å². The van der Waals surface area contributed by atoms with Gasteiger partial charge in [0, 0.05) is 18.2 Å². The summed E-state index contributed by atoms with van der Waals surface area (Å²) in [4.78, 5) is 43.2. The van der Waals surface area contributed by atoms with Gasteiger partial charge >= 0.3 is 17.9 Å². The summed E-state index contributed by atoms with van der Waals surface area (Å²) in [6.45, 7) is 10.2. The molecule has 3 aliphatic rings. The summed E-state index contributed by atoms with van der Waals surface area (Å²) in [5.41, 5.74) is 3.35. The van der Waals surface area contributed by atoms with Gasteiger partial charge in [-0.1, -0.05) is 68.7 Å². The zero-order valence-corrected chi connectivity index (χ0v) is 39.6. The number of thiazole rings is 1. The summed E-state index contributed by atoms with van der Waals surface area (Å²) in [6.07, 6.45) is 20.6. The average Bonchev–Trinajstić information content (AvgIpc) is 3.76. The van der Waals surface area contributed by atoms with Gasteiger partial charge in [0.1, 0.15) is 5.75 Å². The number of hydrogen-bond donors (Lipinski definition) is 0. The highest BCUT2D eigenvalue weighted by atomic mass is 32.1. The first kappa shape index (κ1) is 49.3. The number of nitrogens with zero attached hydrogens (tertiary/aromatic N) is 3. The number of esters is 3. The number of anilines is 1. The molecule has 6 rings (SSSR count). The van der Waals surface area contributed by atoms with Crippen molar-refractivity contribution in [2.24, 2.45) is 34.7 Å². The molecule has 0 amide bonds. The molecular weight excluding hydrogens is 827 g/mol. The fourth-order valence-electron chi connectivity index (χ4n) is 9.89. The highest BCUT2D eigenvalue weighted by molar-refractivity contribution is 7.22. The van der Waals surface area contributed by atoms with Crippen molar-refractivity contribution in [1.82, 2.24) is 4.98 Å². The number of fused-ring (bicyclic) bond motifs is 1. The molecule has 1 heterocycles. The lowest BCUT2D eigenvalue weighted by atomic mass is 9.68. The number of benzene rings is 2. The van der Waals surface area contributed by atoms with Crippen LogP contribution in [-0.2, 0) is 33.3 Å². The van der Waals surface area contributed by atoms with Crippen molar-refractivity contribution in [3.63, 3.8) is 0 Å². The third kappa shape index (κ3) is 15.0. The second-order valence-electron chi connectivity index (χ2n) is 18.4. The van der Waals surface area contributed by atoms with E-state index in [1.165, 1.54) is 69.8 Å². The minimum Gasteiger partial charge on any atom is -0.465 e. The number of aromatic nitrogens is 1. The molecule has 0 spiro atoms. The molecule has 0 unspecified atom stereocenters. The molecule has 0 saturated heterocycles. The van der Waals surface area contributed by atoms with Gasteiger partial charge < -0.3 is 23.7 Å². The molecule has 0 bridgehead atoms.